The summed E-state index contributed by atoms with van der Waals surface area (Å²) in [5.41, 5.74) is 5.44. The van der Waals surface area contributed by atoms with Crippen LogP contribution >= 0.6 is 12.4 Å². The molecule has 0 bridgehead atoms. The molecule has 1 aromatic heterocycles. The van der Waals surface area contributed by atoms with Gasteiger partial charge >= 0.3 is 0 Å². The van der Waals surface area contributed by atoms with Gasteiger partial charge in [0, 0.05) is 6.04 Å². The van der Waals surface area contributed by atoms with Crippen LogP contribution in [-0.4, -0.2) is 27.6 Å². The van der Waals surface area contributed by atoms with Gasteiger partial charge in [-0.15, -0.1) is 12.4 Å². The lowest BCUT2D eigenvalue weighted by molar-refractivity contribution is 0.131. The Hall–Kier alpha value is -0.650. The second kappa shape index (κ2) is 6.93. The van der Waals surface area contributed by atoms with Gasteiger partial charge in [-0.1, -0.05) is 18.5 Å². The van der Waals surface area contributed by atoms with Crippen molar-refractivity contribution in [2.24, 2.45) is 5.73 Å². The van der Waals surface area contributed by atoms with Crippen LogP contribution in [0.25, 0.3) is 0 Å². The molecule has 2 rings (SSSR count). The first-order valence-corrected chi connectivity index (χ1v) is 6.09. The molecule has 0 spiro atoms. The fourth-order valence-electron chi connectivity index (χ4n) is 2.35. The van der Waals surface area contributed by atoms with Crippen LogP contribution in [0.1, 0.15) is 44.3 Å². The molecule has 0 radical (unpaired) electrons. The highest BCUT2D eigenvalue weighted by atomic mass is 35.5. The van der Waals surface area contributed by atoms with Crippen molar-refractivity contribution in [3.63, 3.8) is 0 Å². The van der Waals surface area contributed by atoms with Gasteiger partial charge in [0.05, 0.1) is 13.1 Å². The largest absolute Gasteiger partial charge is 0.338 e. The normalized spacial score (nSPS) is 21.2. The van der Waals surface area contributed by atoms with E-state index >= 15 is 0 Å². The van der Waals surface area contributed by atoms with Crippen LogP contribution in [0.15, 0.2) is 4.52 Å². The van der Waals surface area contributed by atoms with Crippen molar-refractivity contribution in [3.8, 4) is 0 Å². The Morgan fingerprint density at radius 2 is 2.29 bits per heavy atom. The number of aromatic nitrogens is 2. The molecule has 0 amide bonds. The molecule has 1 atom stereocenters. The molecular formula is C11H21ClN4O. The number of piperidine rings is 1. The van der Waals surface area contributed by atoms with E-state index in [1.54, 1.807) is 0 Å². The summed E-state index contributed by atoms with van der Waals surface area (Å²) >= 11 is 0. The lowest BCUT2D eigenvalue weighted by Gasteiger charge is -2.34. The molecule has 1 aromatic rings. The Bertz CT molecular complexity index is 331. The summed E-state index contributed by atoms with van der Waals surface area (Å²) in [5, 5.41) is 3.94. The first kappa shape index (κ1) is 14.4. The zero-order valence-electron chi connectivity index (χ0n) is 10.3. The highest BCUT2D eigenvalue weighted by Crippen LogP contribution is 2.20. The van der Waals surface area contributed by atoms with Gasteiger partial charge in [0.15, 0.2) is 5.82 Å². The van der Waals surface area contributed by atoms with Crippen LogP contribution in [0, 0.1) is 0 Å². The molecule has 2 N–H and O–H groups in total. The molecule has 0 aliphatic carbocycles. The van der Waals surface area contributed by atoms with E-state index in [4.69, 9.17) is 10.3 Å². The molecule has 1 aliphatic heterocycles. The van der Waals surface area contributed by atoms with Crippen LogP contribution in [0.5, 0.6) is 0 Å². The van der Waals surface area contributed by atoms with E-state index < -0.39 is 0 Å². The lowest BCUT2D eigenvalue weighted by Crippen LogP contribution is -2.38. The fraction of sp³-hybridized carbons (Fsp3) is 0.818. The van der Waals surface area contributed by atoms with E-state index in [1.165, 1.54) is 25.7 Å². The van der Waals surface area contributed by atoms with Gasteiger partial charge < -0.3 is 10.3 Å². The smallest absolute Gasteiger partial charge is 0.240 e. The number of hydrogen-bond donors (Lipinski definition) is 1. The van der Waals surface area contributed by atoms with E-state index in [1.807, 2.05) is 0 Å². The predicted octanol–water partition coefficient (Wildman–Crippen LogP) is 1.71. The molecule has 0 aromatic carbocycles. The summed E-state index contributed by atoms with van der Waals surface area (Å²) in [6.07, 6.45) is 5.10. The van der Waals surface area contributed by atoms with Gasteiger partial charge in [-0.25, -0.2) is 0 Å². The molecule has 0 saturated carbocycles. The molecule has 2 heterocycles. The van der Waals surface area contributed by atoms with Crippen LogP contribution in [0.4, 0.5) is 0 Å². The Balaban J connectivity index is 0.00000144. The van der Waals surface area contributed by atoms with Gasteiger partial charge in [0.25, 0.3) is 0 Å². The topological polar surface area (TPSA) is 68.2 Å². The number of likely N-dealkylation sites (tertiary alicyclic amines) is 1. The Kier molecular flexibility index (Phi) is 5.88. The quantitative estimate of drug-likeness (QED) is 0.893. The Labute approximate surface area is 108 Å². The molecule has 17 heavy (non-hydrogen) atoms. The zero-order valence-corrected chi connectivity index (χ0v) is 11.1. The van der Waals surface area contributed by atoms with Crippen molar-refractivity contribution >= 4 is 12.4 Å². The monoisotopic (exact) mass is 260 g/mol. The average molecular weight is 261 g/mol. The summed E-state index contributed by atoms with van der Waals surface area (Å²) in [6.45, 7) is 4.50. The SMILES string of the molecule is CCC1CCCCN1Cc1noc(CN)n1.Cl. The van der Waals surface area contributed by atoms with Crippen LogP contribution in [0.3, 0.4) is 0 Å². The molecule has 5 nitrogen and oxygen atoms in total. The van der Waals surface area contributed by atoms with E-state index in [2.05, 4.69) is 22.0 Å². The third-order valence-electron chi connectivity index (χ3n) is 3.25. The molecule has 1 aliphatic rings. The maximum atomic E-state index is 5.44. The number of hydrogen-bond acceptors (Lipinski definition) is 5. The van der Waals surface area contributed by atoms with Crippen molar-refractivity contribution in [2.75, 3.05) is 6.54 Å². The van der Waals surface area contributed by atoms with Crippen LogP contribution in [0.2, 0.25) is 0 Å². The van der Waals surface area contributed by atoms with Gasteiger partial charge in [-0.05, 0) is 25.8 Å². The standard InChI is InChI=1S/C11H20N4O.ClH/c1-2-9-5-3-4-6-15(9)8-10-13-11(7-12)16-14-10;/h9H,2-8,12H2,1H3;1H. The van der Waals surface area contributed by atoms with Crippen LogP contribution in [-0.2, 0) is 13.1 Å². The van der Waals surface area contributed by atoms with E-state index in [0.29, 0.717) is 18.5 Å². The molecule has 6 heteroatoms. The number of halogens is 1. The molecule has 1 unspecified atom stereocenters. The lowest BCUT2D eigenvalue weighted by atomic mass is 10.0. The highest BCUT2D eigenvalue weighted by molar-refractivity contribution is 5.85. The number of nitrogens with two attached hydrogens (primary N) is 1. The van der Waals surface area contributed by atoms with Crippen molar-refractivity contribution in [1.82, 2.24) is 15.0 Å². The summed E-state index contributed by atoms with van der Waals surface area (Å²) < 4.78 is 5.01. The zero-order chi connectivity index (χ0) is 11.4. The second-order valence-electron chi connectivity index (χ2n) is 4.34. The summed E-state index contributed by atoms with van der Waals surface area (Å²) in [7, 11) is 0. The van der Waals surface area contributed by atoms with Gasteiger partial charge in [-0.2, -0.15) is 4.98 Å². The van der Waals surface area contributed by atoms with Crippen molar-refractivity contribution in [1.29, 1.82) is 0 Å². The average Bonchev–Trinajstić information content (AvgIpc) is 2.77. The Morgan fingerprint density at radius 1 is 1.47 bits per heavy atom. The number of nitrogens with zero attached hydrogens (tertiary/aromatic N) is 3. The maximum Gasteiger partial charge on any atom is 0.240 e. The second-order valence-corrected chi connectivity index (χ2v) is 4.34. The summed E-state index contributed by atoms with van der Waals surface area (Å²) in [5.74, 6) is 1.29. The van der Waals surface area contributed by atoms with Crippen molar-refractivity contribution in [3.05, 3.63) is 11.7 Å². The van der Waals surface area contributed by atoms with E-state index in [9.17, 15) is 0 Å². The summed E-state index contributed by atoms with van der Waals surface area (Å²) in [6, 6.07) is 0.675. The Morgan fingerprint density at radius 3 is 2.94 bits per heavy atom. The molecular weight excluding hydrogens is 240 g/mol. The molecule has 1 fully saturated rings. The van der Waals surface area contributed by atoms with Crippen molar-refractivity contribution < 1.29 is 4.52 Å². The van der Waals surface area contributed by atoms with Gasteiger partial charge in [-0.3, -0.25) is 4.90 Å². The first-order chi connectivity index (χ1) is 7.83. The summed E-state index contributed by atoms with van der Waals surface area (Å²) in [4.78, 5) is 6.70. The minimum Gasteiger partial charge on any atom is -0.338 e. The maximum absolute atomic E-state index is 5.44. The van der Waals surface area contributed by atoms with Gasteiger partial charge in [0.1, 0.15) is 0 Å². The number of rotatable bonds is 4. The first-order valence-electron chi connectivity index (χ1n) is 6.09. The molecule has 98 valence electrons. The predicted molar refractivity (Wildman–Crippen MR) is 67.8 cm³/mol. The van der Waals surface area contributed by atoms with E-state index in [-0.39, 0.29) is 12.4 Å². The molecule has 1 saturated heterocycles. The fourth-order valence-corrected chi connectivity index (χ4v) is 2.35. The van der Waals surface area contributed by atoms with Gasteiger partial charge in [0.2, 0.25) is 5.89 Å². The minimum absolute atomic E-state index is 0. The minimum atomic E-state index is 0. The highest BCUT2D eigenvalue weighted by Gasteiger charge is 2.22. The van der Waals surface area contributed by atoms with Crippen molar-refractivity contribution in [2.45, 2.75) is 51.7 Å². The van der Waals surface area contributed by atoms with E-state index in [0.717, 1.165) is 18.9 Å². The third-order valence-corrected chi connectivity index (χ3v) is 3.25. The van der Waals surface area contributed by atoms with Crippen LogP contribution < -0.4 is 5.73 Å². The third kappa shape index (κ3) is 3.66.